The molecule has 0 aliphatic carbocycles. The van der Waals surface area contributed by atoms with Crippen molar-refractivity contribution in [2.45, 2.75) is 23.1 Å². The summed E-state index contributed by atoms with van der Waals surface area (Å²) < 4.78 is 5.38. The number of nitrogens with zero attached hydrogens (tertiary/aromatic N) is 2. The molecule has 2 aromatic rings. The normalized spacial score (nSPS) is 17.2. The van der Waals surface area contributed by atoms with Gasteiger partial charge in [0.2, 0.25) is 0 Å². The van der Waals surface area contributed by atoms with Crippen LogP contribution in [0, 0.1) is 0 Å². The first kappa shape index (κ1) is 14.2. The van der Waals surface area contributed by atoms with Gasteiger partial charge in [-0.25, -0.2) is 4.98 Å². The number of para-hydroxylation sites is 1. The third-order valence-corrected chi connectivity index (χ3v) is 4.86. The van der Waals surface area contributed by atoms with Gasteiger partial charge in [-0.2, -0.15) is 0 Å². The first-order chi connectivity index (χ1) is 10.3. The van der Waals surface area contributed by atoms with Gasteiger partial charge in [-0.3, -0.25) is 0 Å². The molecule has 1 fully saturated rings. The van der Waals surface area contributed by atoms with Gasteiger partial charge in [-0.05, 0) is 25.0 Å². The minimum Gasteiger partial charge on any atom is -0.409 e. The van der Waals surface area contributed by atoms with Gasteiger partial charge in [0.15, 0.2) is 5.84 Å². The maximum Gasteiger partial charge on any atom is 0.172 e. The lowest BCUT2D eigenvalue weighted by molar-refractivity contribution is 0.1000. The largest absolute Gasteiger partial charge is 0.409 e. The zero-order valence-electron chi connectivity index (χ0n) is 11.5. The van der Waals surface area contributed by atoms with Gasteiger partial charge in [0.05, 0.1) is 11.1 Å². The summed E-state index contributed by atoms with van der Waals surface area (Å²) in [6.07, 6.45) is 1.99. The number of hydrogen-bond donors (Lipinski definition) is 2. The highest BCUT2D eigenvalue weighted by Gasteiger charge is 2.19. The molecule has 0 atom stereocenters. The number of nitrogens with two attached hydrogens (primary N) is 1. The molecule has 6 heteroatoms. The summed E-state index contributed by atoms with van der Waals surface area (Å²) in [6, 6.07) is 9.78. The Kier molecular flexibility index (Phi) is 4.26. The molecule has 0 unspecified atom stereocenters. The van der Waals surface area contributed by atoms with Gasteiger partial charge < -0.3 is 15.7 Å². The van der Waals surface area contributed by atoms with Gasteiger partial charge in [0.1, 0.15) is 5.03 Å². The van der Waals surface area contributed by atoms with E-state index in [1.165, 1.54) is 0 Å². The third-order valence-electron chi connectivity index (χ3n) is 3.52. The Hall–Kier alpha value is -1.79. The summed E-state index contributed by atoms with van der Waals surface area (Å²) in [5.41, 5.74) is 7.42. The van der Waals surface area contributed by atoms with Gasteiger partial charge in [-0.1, -0.05) is 23.4 Å². The van der Waals surface area contributed by atoms with E-state index >= 15 is 0 Å². The van der Waals surface area contributed by atoms with E-state index in [2.05, 4.69) is 10.1 Å². The summed E-state index contributed by atoms with van der Waals surface area (Å²) >= 11 is 1.69. The number of aromatic nitrogens is 1. The van der Waals surface area contributed by atoms with Crippen LogP contribution in [0.15, 0.2) is 40.5 Å². The predicted molar refractivity (Wildman–Crippen MR) is 84.0 cm³/mol. The van der Waals surface area contributed by atoms with Crippen molar-refractivity contribution in [3.8, 4) is 0 Å². The van der Waals surface area contributed by atoms with Gasteiger partial charge in [-0.15, -0.1) is 11.8 Å². The SMILES string of the molecule is NC(=NO)c1cc2ccccc2nc1SC1CCOCC1. The number of pyridine rings is 1. The van der Waals surface area contributed by atoms with Crippen LogP contribution in [0.25, 0.3) is 10.9 Å². The Bertz CT molecular complexity index is 669. The number of rotatable bonds is 3. The number of ether oxygens (including phenoxy) is 1. The monoisotopic (exact) mass is 303 g/mol. The van der Waals surface area contributed by atoms with E-state index in [0.29, 0.717) is 10.8 Å². The van der Waals surface area contributed by atoms with Crippen LogP contribution >= 0.6 is 11.8 Å². The number of hydrogen-bond acceptors (Lipinski definition) is 5. The molecule has 21 heavy (non-hydrogen) atoms. The lowest BCUT2D eigenvalue weighted by Crippen LogP contribution is -2.19. The molecule has 0 spiro atoms. The Labute approximate surface area is 127 Å². The molecule has 3 rings (SSSR count). The quantitative estimate of drug-likeness (QED) is 0.394. The zero-order valence-corrected chi connectivity index (χ0v) is 12.3. The van der Waals surface area contributed by atoms with E-state index in [4.69, 9.17) is 15.7 Å². The molecule has 2 heterocycles. The van der Waals surface area contributed by atoms with Crippen molar-refractivity contribution in [1.82, 2.24) is 4.98 Å². The van der Waals surface area contributed by atoms with Crippen molar-refractivity contribution in [3.63, 3.8) is 0 Å². The van der Waals surface area contributed by atoms with E-state index in [0.717, 1.165) is 42.0 Å². The van der Waals surface area contributed by atoms with Crippen LogP contribution in [0.4, 0.5) is 0 Å². The van der Waals surface area contributed by atoms with E-state index < -0.39 is 0 Å². The molecule has 1 aliphatic heterocycles. The second kappa shape index (κ2) is 6.32. The van der Waals surface area contributed by atoms with Crippen LogP contribution in [0.3, 0.4) is 0 Å². The minimum absolute atomic E-state index is 0.0998. The van der Waals surface area contributed by atoms with Crippen molar-refractivity contribution in [2.24, 2.45) is 10.9 Å². The lowest BCUT2D eigenvalue weighted by Gasteiger charge is -2.22. The second-order valence-corrected chi connectivity index (χ2v) is 6.24. The maximum atomic E-state index is 9.00. The summed E-state index contributed by atoms with van der Waals surface area (Å²) in [5.74, 6) is 0.0998. The first-order valence-corrected chi connectivity index (χ1v) is 7.78. The highest BCUT2D eigenvalue weighted by Crippen LogP contribution is 2.32. The first-order valence-electron chi connectivity index (χ1n) is 6.90. The Morgan fingerprint density at radius 2 is 2.10 bits per heavy atom. The Morgan fingerprint density at radius 1 is 1.33 bits per heavy atom. The summed E-state index contributed by atoms with van der Waals surface area (Å²) in [4.78, 5) is 4.69. The van der Waals surface area contributed by atoms with Gasteiger partial charge >= 0.3 is 0 Å². The molecular weight excluding hydrogens is 286 g/mol. The maximum absolute atomic E-state index is 9.00. The second-order valence-electron chi connectivity index (χ2n) is 4.95. The van der Waals surface area contributed by atoms with Gasteiger partial charge in [0, 0.05) is 23.8 Å². The average Bonchev–Trinajstić information content (AvgIpc) is 2.54. The highest BCUT2D eigenvalue weighted by molar-refractivity contribution is 7.99. The molecule has 3 N–H and O–H groups in total. The minimum atomic E-state index is 0.0998. The number of amidine groups is 1. The van der Waals surface area contributed by atoms with E-state index in [1.54, 1.807) is 11.8 Å². The molecule has 0 radical (unpaired) electrons. The van der Waals surface area contributed by atoms with E-state index in [9.17, 15) is 0 Å². The van der Waals surface area contributed by atoms with Crippen LogP contribution in [0.5, 0.6) is 0 Å². The smallest absolute Gasteiger partial charge is 0.172 e. The third kappa shape index (κ3) is 3.11. The Balaban J connectivity index is 2.01. The molecule has 0 bridgehead atoms. The highest BCUT2D eigenvalue weighted by atomic mass is 32.2. The van der Waals surface area contributed by atoms with Crippen molar-refractivity contribution in [2.75, 3.05) is 13.2 Å². The molecule has 1 aliphatic rings. The average molecular weight is 303 g/mol. The zero-order chi connectivity index (χ0) is 14.7. The molecule has 1 saturated heterocycles. The van der Waals surface area contributed by atoms with Crippen LogP contribution < -0.4 is 5.73 Å². The van der Waals surface area contributed by atoms with E-state index in [1.807, 2.05) is 30.3 Å². The summed E-state index contributed by atoms with van der Waals surface area (Å²) in [5, 5.41) is 14.4. The number of fused-ring (bicyclic) bond motifs is 1. The van der Waals surface area contributed by atoms with E-state index in [-0.39, 0.29) is 5.84 Å². The molecule has 0 amide bonds. The van der Waals surface area contributed by atoms with Gasteiger partial charge in [0.25, 0.3) is 0 Å². The summed E-state index contributed by atoms with van der Waals surface area (Å²) in [6.45, 7) is 1.56. The fraction of sp³-hybridized carbons (Fsp3) is 0.333. The van der Waals surface area contributed by atoms with Crippen molar-refractivity contribution >= 4 is 28.5 Å². The standard InChI is InChI=1S/C15H17N3O2S/c16-14(18-19)12-9-10-3-1-2-4-13(10)17-15(12)21-11-5-7-20-8-6-11/h1-4,9,11,19H,5-8H2,(H2,16,18). The van der Waals surface area contributed by atoms with Crippen molar-refractivity contribution in [3.05, 3.63) is 35.9 Å². The summed E-state index contributed by atoms with van der Waals surface area (Å²) in [7, 11) is 0. The molecule has 5 nitrogen and oxygen atoms in total. The molecular formula is C15H17N3O2S. The number of oxime groups is 1. The van der Waals surface area contributed by atoms with Crippen molar-refractivity contribution < 1.29 is 9.94 Å². The molecule has 0 saturated carbocycles. The fourth-order valence-electron chi connectivity index (χ4n) is 2.38. The Morgan fingerprint density at radius 3 is 2.86 bits per heavy atom. The van der Waals surface area contributed by atoms with Crippen LogP contribution in [0.2, 0.25) is 0 Å². The van der Waals surface area contributed by atoms with Crippen LogP contribution in [-0.2, 0) is 4.74 Å². The predicted octanol–water partition coefficient (Wildman–Crippen LogP) is 2.60. The topological polar surface area (TPSA) is 80.7 Å². The lowest BCUT2D eigenvalue weighted by atomic mass is 10.1. The molecule has 1 aromatic carbocycles. The van der Waals surface area contributed by atoms with Crippen LogP contribution in [0.1, 0.15) is 18.4 Å². The number of thioether (sulfide) groups is 1. The van der Waals surface area contributed by atoms with Crippen molar-refractivity contribution in [1.29, 1.82) is 0 Å². The molecule has 110 valence electrons. The van der Waals surface area contributed by atoms with Crippen LogP contribution in [-0.4, -0.2) is 34.5 Å². The number of benzene rings is 1. The fourth-order valence-corrected chi connectivity index (χ4v) is 3.56. The molecule has 1 aromatic heterocycles.